The summed E-state index contributed by atoms with van der Waals surface area (Å²) >= 11 is 0. The number of hydrogen-bond donors (Lipinski definition) is 0. The number of benzene rings is 2. The molecule has 0 bridgehead atoms. The number of nitrogens with zero attached hydrogens (tertiary/aromatic N) is 2. The van der Waals surface area contributed by atoms with Gasteiger partial charge in [0, 0.05) is 18.7 Å². The van der Waals surface area contributed by atoms with Crippen LogP contribution in [0.25, 0.3) is 11.1 Å². The summed E-state index contributed by atoms with van der Waals surface area (Å²) in [6, 6.07) is 14.6. The van der Waals surface area contributed by atoms with Gasteiger partial charge in [0.2, 0.25) is 0 Å². The van der Waals surface area contributed by atoms with Crippen molar-refractivity contribution in [2.45, 2.75) is 19.3 Å². The minimum Gasteiger partial charge on any atom is -0.370 e. The van der Waals surface area contributed by atoms with Crippen molar-refractivity contribution < 1.29 is 4.39 Å². The summed E-state index contributed by atoms with van der Waals surface area (Å²) in [5.74, 6) is -0.230. The maximum Gasteiger partial charge on any atom is 0.131 e. The summed E-state index contributed by atoms with van der Waals surface area (Å²) in [5, 5.41) is 9.31. The van der Waals surface area contributed by atoms with Crippen LogP contribution >= 0.6 is 0 Å². The predicted molar refractivity (Wildman–Crippen MR) is 82.6 cm³/mol. The average Bonchev–Trinajstić information content (AvgIpc) is 2.55. The molecule has 0 N–H and O–H groups in total. The molecule has 0 spiro atoms. The first-order valence-corrected chi connectivity index (χ1v) is 7.33. The molecule has 3 rings (SSSR count). The third kappa shape index (κ3) is 2.75. The zero-order valence-corrected chi connectivity index (χ0v) is 11.8. The van der Waals surface area contributed by atoms with Gasteiger partial charge >= 0.3 is 0 Å². The van der Waals surface area contributed by atoms with Gasteiger partial charge in [-0.25, -0.2) is 4.39 Å². The molecule has 2 nitrogen and oxygen atoms in total. The zero-order chi connectivity index (χ0) is 14.7. The Morgan fingerprint density at radius 3 is 2.48 bits per heavy atom. The van der Waals surface area contributed by atoms with E-state index in [0.717, 1.165) is 37.2 Å². The Labute approximate surface area is 124 Å². The maximum atomic E-state index is 14.0. The van der Waals surface area contributed by atoms with Crippen LogP contribution in [0.4, 0.5) is 10.1 Å². The van der Waals surface area contributed by atoms with Crippen molar-refractivity contribution in [3.63, 3.8) is 0 Å². The Bertz CT molecular complexity index is 682. The topological polar surface area (TPSA) is 27.0 Å². The molecular formula is C18H17FN2. The number of rotatable bonds is 2. The zero-order valence-electron chi connectivity index (χ0n) is 11.8. The van der Waals surface area contributed by atoms with Crippen LogP contribution < -0.4 is 4.90 Å². The van der Waals surface area contributed by atoms with Crippen molar-refractivity contribution >= 4 is 5.69 Å². The molecule has 106 valence electrons. The van der Waals surface area contributed by atoms with Crippen LogP contribution in [0.3, 0.4) is 0 Å². The van der Waals surface area contributed by atoms with E-state index in [9.17, 15) is 9.65 Å². The van der Waals surface area contributed by atoms with Crippen LogP contribution in [0.1, 0.15) is 24.8 Å². The molecule has 3 heteroatoms. The number of halogens is 1. The van der Waals surface area contributed by atoms with E-state index < -0.39 is 0 Å². The second kappa shape index (κ2) is 5.97. The van der Waals surface area contributed by atoms with Crippen LogP contribution in [0, 0.1) is 17.1 Å². The lowest BCUT2D eigenvalue weighted by Gasteiger charge is -2.30. The normalized spacial score (nSPS) is 14.8. The van der Waals surface area contributed by atoms with Crippen LogP contribution in [-0.4, -0.2) is 13.1 Å². The fourth-order valence-electron chi connectivity index (χ4n) is 2.89. The molecule has 0 aliphatic carbocycles. The number of piperidine rings is 1. The van der Waals surface area contributed by atoms with Gasteiger partial charge in [-0.3, -0.25) is 0 Å². The first kappa shape index (κ1) is 13.6. The lowest BCUT2D eigenvalue weighted by Crippen LogP contribution is -2.30. The molecule has 21 heavy (non-hydrogen) atoms. The number of hydrogen-bond acceptors (Lipinski definition) is 2. The molecule has 1 aliphatic rings. The van der Waals surface area contributed by atoms with Gasteiger partial charge in [0.05, 0.1) is 11.3 Å². The maximum absolute atomic E-state index is 14.0. The fraction of sp³-hybridized carbons (Fsp3) is 0.278. The van der Waals surface area contributed by atoms with Crippen molar-refractivity contribution in [1.29, 1.82) is 5.26 Å². The standard InChI is InChI=1S/C18H17FN2/c19-17-7-3-2-6-16(17)14-8-9-15(13-20)18(12-14)21-10-4-1-5-11-21/h2-3,6-9,12H,1,4-5,10-11H2. The Morgan fingerprint density at radius 2 is 1.76 bits per heavy atom. The van der Waals surface area contributed by atoms with Crippen molar-refractivity contribution in [3.8, 4) is 17.2 Å². The Hall–Kier alpha value is -2.34. The minimum absolute atomic E-state index is 0.230. The highest BCUT2D eigenvalue weighted by atomic mass is 19.1. The summed E-state index contributed by atoms with van der Waals surface area (Å²) in [6.45, 7) is 1.94. The fourth-order valence-corrected chi connectivity index (χ4v) is 2.89. The summed E-state index contributed by atoms with van der Waals surface area (Å²) in [6.07, 6.45) is 3.54. The van der Waals surface area contributed by atoms with E-state index in [1.807, 2.05) is 18.2 Å². The molecule has 1 heterocycles. The quantitative estimate of drug-likeness (QED) is 0.817. The van der Waals surface area contributed by atoms with Crippen LogP contribution in [0.2, 0.25) is 0 Å². The molecule has 0 aromatic heterocycles. The first-order chi connectivity index (χ1) is 10.3. The summed E-state index contributed by atoms with van der Waals surface area (Å²) in [5.41, 5.74) is 3.00. The molecule has 0 atom stereocenters. The van der Waals surface area contributed by atoms with Gasteiger partial charge in [0.1, 0.15) is 11.9 Å². The SMILES string of the molecule is N#Cc1ccc(-c2ccccc2F)cc1N1CCCCC1. The van der Waals surface area contributed by atoms with E-state index in [4.69, 9.17) is 0 Å². The summed E-state index contributed by atoms with van der Waals surface area (Å²) in [4.78, 5) is 2.24. The third-order valence-corrected chi connectivity index (χ3v) is 4.00. The van der Waals surface area contributed by atoms with Crippen molar-refractivity contribution in [2.24, 2.45) is 0 Å². The Balaban J connectivity index is 2.05. The largest absolute Gasteiger partial charge is 0.370 e. The van der Waals surface area contributed by atoms with Gasteiger partial charge in [-0.2, -0.15) is 5.26 Å². The van der Waals surface area contributed by atoms with E-state index in [0.29, 0.717) is 11.1 Å². The number of nitriles is 1. The van der Waals surface area contributed by atoms with Crippen molar-refractivity contribution in [3.05, 3.63) is 53.8 Å². The first-order valence-electron chi connectivity index (χ1n) is 7.33. The molecule has 2 aromatic rings. The van der Waals surface area contributed by atoms with Gasteiger partial charge in [-0.15, -0.1) is 0 Å². The second-order valence-electron chi connectivity index (χ2n) is 5.37. The lowest BCUT2D eigenvalue weighted by molar-refractivity contribution is 0.577. The van der Waals surface area contributed by atoms with E-state index in [1.54, 1.807) is 18.2 Å². The van der Waals surface area contributed by atoms with Crippen LogP contribution in [-0.2, 0) is 0 Å². The summed E-state index contributed by atoms with van der Waals surface area (Å²) < 4.78 is 14.0. The van der Waals surface area contributed by atoms with Gasteiger partial charge in [-0.05, 0) is 43.0 Å². The molecule has 0 radical (unpaired) electrons. The molecule has 0 saturated carbocycles. The summed E-state index contributed by atoms with van der Waals surface area (Å²) in [7, 11) is 0. The Morgan fingerprint density at radius 1 is 1.00 bits per heavy atom. The van der Waals surface area contributed by atoms with Crippen molar-refractivity contribution in [1.82, 2.24) is 0 Å². The highest BCUT2D eigenvalue weighted by Gasteiger charge is 2.16. The Kier molecular flexibility index (Phi) is 3.87. The van der Waals surface area contributed by atoms with Gasteiger partial charge in [0.25, 0.3) is 0 Å². The van der Waals surface area contributed by atoms with E-state index >= 15 is 0 Å². The monoisotopic (exact) mass is 280 g/mol. The minimum atomic E-state index is -0.230. The average molecular weight is 280 g/mol. The van der Waals surface area contributed by atoms with Gasteiger partial charge < -0.3 is 4.90 Å². The molecule has 1 fully saturated rings. The van der Waals surface area contributed by atoms with E-state index in [1.165, 1.54) is 12.5 Å². The molecule has 1 saturated heterocycles. The van der Waals surface area contributed by atoms with Crippen molar-refractivity contribution in [2.75, 3.05) is 18.0 Å². The predicted octanol–water partition coefficient (Wildman–Crippen LogP) is 4.35. The molecule has 0 unspecified atom stereocenters. The molecular weight excluding hydrogens is 263 g/mol. The lowest BCUT2D eigenvalue weighted by atomic mass is 10.0. The van der Waals surface area contributed by atoms with Crippen LogP contribution in [0.15, 0.2) is 42.5 Å². The van der Waals surface area contributed by atoms with E-state index in [2.05, 4.69) is 11.0 Å². The molecule has 2 aromatic carbocycles. The smallest absolute Gasteiger partial charge is 0.131 e. The van der Waals surface area contributed by atoms with Crippen LogP contribution in [0.5, 0.6) is 0 Å². The van der Waals surface area contributed by atoms with Gasteiger partial charge in [0.15, 0.2) is 0 Å². The van der Waals surface area contributed by atoms with E-state index in [-0.39, 0.29) is 5.82 Å². The number of anilines is 1. The van der Waals surface area contributed by atoms with Gasteiger partial charge in [-0.1, -0.05) is 24.3 Å². The highest BCUT2D eigenvalue weighted by Crippen LogP contribution is 2.31. The molecule has 0 amide bonds. The highest BCUT2D eigenvalue weighted by molar-refractivity contribution is 5.73. The molecule has 1 aliphatic heterocycles. The second-order valence-corrected chi connectivity index (χ2v) is 5.37. The third-order valence-electron chi connectivity index (χ3n) is 4.00.